The molecule has 0 bridgehead atoms. The summed E-state index contributed by atoms with van der Waals surface area (Å²) in [5.74, 6) is 0. The minimum atomic E-state index is -3.63. The Morgan fingerprint density at radius 3 is 2.58 bits per heavy atom. The van der Waals surface area contributed by atoms with Crippen molar-refractivity contribution in [2.45, 2.75) is 13.0 Å². The zero-order valence-electron chi connectivity index (χ0n) is 13.4. The van der Waals surface area contributed by atoms with E-state index in [1.165, 1.54) is 4.31 Å². The molecule has 1 unspecified atom stereocenters. The third-order valence-electron chi connectivity index (χ3n) is 4.47. The molecule has 0 spiro atoms. The number of aromatic nitrogens is 1. The predicted octanol–water partition coefficient (Wildman–Crippen LogP) is 3.23. The predicted molar refractivity (Wildman–Crippen MR) is 95.1 cm³/mol. The molecule has 6 heteroatoms. The van der Waals surface area contributed by atoms with Crippen LogP contribution in [0.1, 0.15) is 22.7 Å². The Kier molecular flexibility index (Phi) is 3.33. The number of fused-ring (bicyclic) bond motifs is 3. The number of aryl methyl sites for hydroxylation is 1. The molecule has 2 aromatic carbocycles. The highest BCUT2D eigenvalue weighted by Gasteiger charge is 2.36. The lowest BCUT2D eigenvalue weighted by molar-refractivity contribution is 0.416. The molecule has 1 atom stereocenters. The summed E-state index contributed by atoms with van der Waals surface area (Å²) in [6, 6.07) is 15.3. The monoisotopic (exact) mass is 339 g/mol. The Hall–Kier alpha value is -2.44. The number of rotatable bonds is 1. The second kappa shape index (κ2) is 5.29. The van der Waals surface area contributed by atoms with Crippen molar-refractivity contribution >= 4 is 26.8 Å². The molecule has 1 aliphatic rings. The summed E-state index contributed by atoms with van der Waals surface area (Å²) in [5.41, 5.74) is 4.21. The fraction of sp³-hybridized carbons (Fsp3) is 0.167. The minimum absolute atomic E-state index is 0.377. The summed E-state index contributed by atoms with van der Waals surface area (Å²) in [5, 5.41) is 0.908. The normalized spacial score (nSPS) is 19.7. The summed E-state index contributed by atoms with van der Waals surface area (Å²) in [7, 11) is -2.03. The number of hydrogen-bond donors (Lipinski definition) is 1. The van der Waals surface area contributed by atoms with Crippen LogP contribution in [-0.2, 0) is 10.2 Å². The van der Waals surface area contributed by atoms with Gasteiger partial charge in [0.25, 0.3) is 0 Å². The number of benzene rings is 2. The lowest BCUT2D eigenvalue weighted by atomic mass is 9.95. The first-order valence-electron chi connectivity index (χ1n) is 7.67. The van der Waals surface area contributed by atoms with Crippen LogP contribution in [0.5, 0.6) is 0 Å². The highest BCUT2D eigenvalue weighted by molar-refractivity contribution is 7.90. The maximum atomic E-state index is 12.6. The third kappa shape index (κ3) is 2.26. The van der Waals surface area contributed by atoms with Gasteiger partial charge in [-0.15, -0.1) is 0 Å². The highest BCUT2D eigenvalue weighted by Crippen LogP contribution is 2.41. The van der Waals surface area contributed by atoms with Gasteiger partial charge in [-0.3, -0.25) is 9.71 Å². The first-order chi connectivity index (χ1) is 11.5. The number of nitrogens with zero attached hydrogens (tertiary/aromatic N) is 2. The average Bonchev–Trinajstić information content (AvgIpc) is 2.57. The Morgan fingerprint density at radius 1 is 1.08 bits per heavy atom. The smallest absolute Gasteiger partial charge is 0.268 e. The Labute approximate surface area is 141 Å². The van der Waals surface area contributed by atoms with Crippen molar-refractivity contribution in [2.24, 2.45) is 0 Å². The first kappa shape index (κ1) is 15.1. The van der Waals surface area contributed by atoms with Gasteiger partial charge in [0.15, 0.2) is 0 Å². The van der Waals surface area contributed by atoms with Gasteiger partial charge in [0.2, 0.25) is 0 Å². The zero-order chi connectivity index (χ0) is 16.9. The molecular weight excluding hydrogens is 322 g/mol. The maximum absolute atomic E-state index is 12.6. The number of anilines is 1. The molecule has 24 heavy (non-hydrogen) atoms. The largest absolute Gasteiger partial charge is 0.302 e. The van der Waals surface area contributed by atoms with E-state index in [4.69, 9.17) is 0 Å². The Balaban J connectivity index is 2.01. The molecule has 0 saturated heterocycles. The minimum Gasteiger partial charge on any atom is -0.268 e. The van der Waals surface area contributed by atoms with E-state index >= 15 is 0 Å². The molecule has 4 rings (SSSR count). The van der Waals surface area contributed by atoms with Crippen molar-refractivity contribution in [2.75, 3.05) is 11.8 Å². The molecule has 5 nitrogen and oxygen atoms in total. The fourth-order valence-electron chi connectivity index (χ4n) is 3.17. The number of hydrogen-bond acceptors (Lipinski definition) is 3. The van der Waals surface area contributed by atoms with E-state index in [0.29, 0.717) is 11.2 Å². The Morgan fingerprint density at radius 2 is 1.83 bits per heavy atom. The van der Waals surface area contributed by atoms with Crippen LogP contribution in [0, 0.1) is 6.92 Å². The number of nitrogens with one attached hydrogen (secondary N) is 1. The van der Waals surface area contributed by atoms with Gasteiger partial charge < -0.3 is 0 Å². The second-order valence-corrected chi connectivity index (χ2v) is 7.77. The van der Waals surface area contributed by atoms with Crippen molar-refractivity contribution in [3.05, 3.63) is 71.4 Å². The van der Waals surface area contributed by atoms with Crippen LogP contribution >= 0.6 is 0 Å². The molecule has 0 amide bonds. The van der Waals surface area contributed by atoms with Gasteiger partial charge >= 0.3 is 10.2 Å². The van der Waals surface area contributed by atoms with Crippen LogP contribution < -0.4 is 4.72 Å². The highest BCUT2D eigenvalue weighted by atomic mass is 32.2. The molecule has 0 fully saturated rings. The van der Waals surface area contributed by atoms with Crippen molar-refractivity contribution < 1.29 is 8.42 Å². The molecule has 2 heterocycles. The Bertz CT molecular complexity index is 1030. The quantitative estimate of drug-likeness (QED) is 0.740. The topological polar surface area (TPSA) is 62.3 Å². The summed E-state index contributed by atoms with van der Waals surface area (Å²) >= 11 is 0. The molecule has 1 aliphatic heterocycles. The van der Waals surface area contributed by atoms with Gasteiger partial charge in [-0.25, -0.2) is 0 Å². The van der Waals surface area contributed by atoms with E-state index < -0.39 is 10.2 Å². The van der Waals surface area contributed by atoms with E-state index in [2.05, 4.69) is 9.71 Å². The van der Waals surface area contributed by atoms with Crippen LogP contribution in [0.4, 0.5) is 5.69 Å². The fourth-order valence-corrected chi connectivity index (χ4v) is 4.30. The van der Waals surface area contributed by atoms with E-state index in [1.54, 1.807) is 13.2 Å². The van der Waals surface area contributed by atoms with Gasteiger partial charge in [-0.2, -0.15) is 12.7 Å². The van der Waals surface area contributed by atoms with E-state index in [1.807, 2.05) is 55.5 Å². The maximum Gasteiger partial charge on any atom is 0.302 e. The SMILES string of the molecule is Cc1ccc(C2c3ccc4cccnc4c3NS(=O)(=O)N2C)cc1. The van der Waals surface area contributed by atoms with Crippen LogP contribution in [0.15, 0.2) is 54.7 Å². The first-order valence-corrected chi connectivity index (χ1v) is 9.11. The van der Waals surface area contributed by atoms with E-state index in [9.17, 15) is 8.42 Å². The van der Waals surface area contributed by atoms with Gasteiger partial charge in [0.05, 0.1) is 17.2 Å². The lowest BCUT2D eigenvalue weighted by Gasteiger charge is -2.35. The molecular formula is C18H17N3O2S. The summed E-state index contributed by atoms with van der Waals surface area (Å²) < 4.78 is 29.3. The van der Waals surface area contributed by atoms with Gasteiger partial charge in [0.1, 0.15) is 0 Å². The standard InChI is InChI=1S/C18H17N3O2S/c1-12-5-7-14(8-6-12)18-15-10-9-13-4-3-11-19-16(13)17(15)20-24(22,23)21(18)2/h3-11,18,20H,1-2H3. The van der Waals surface area contributed by atoms with Crippen LogP contribution in [0.2, 0.25) is 0 Å². The zero-order valence-corrected chi connectivity index (χ0v) is 14.2. The molecule has 3 aromatic rings. The van der Waals surface area contributed by atoms with Crippen LogP contribution in [-0.4, -0.2) is 24.8 Å². The van der Waals surface area contributed by atoms with Crippen molar-refractivity contribution in [3.8, 4) is 0 Å². The molecule has 1 aromatic heterocycles. The van der Waals surface area contributed by atoms with Crippen LogP contribution in [0.25, 0.3) is 10.9 Å². The molecule has 0 aliphatic carbocycles. The number of pyridine rings is 1. The average molecular weight is 339 g/mol. The molecule has 0 saturated carbocycles. The summed E-state index contributed by atoms with van der Waals surface area (Å²) in [6.07, 6.45) is 1.68. The second-order valence-electron chi connectivity index (χ2n) is 6.04. The third-order valence-corrected chi connectivity index (χ3v) is 5.90. The van der Waals surface area contributed by atoms with Gasteiger partial charge in [-0.1, -0.05) is 48.0 Å². The van der Waals surface area contributed by atoms with E-state index in [0.717, 1.165) is 22.1 Å². The molecule has 1 N–H and O–H groups in total. The summed E-state index contributed by atoms with van der Waals surface area (Å²) in [6.45, 7) is 2.01. The molecule has 0 radical (unpaired) electrons. The van der Waals surface area contributed by atoms with E-state index in [-0.39, 0.29) is 6.04 Å². The summed E-state index contributed by atoms with van der Waals surface area (Å²) in [4.78, 5) is 4.38. The van der Waals surface area contributed by atoms with Crippen molar-refractivity contribution in [1.29, 1.82) is 0 Å². The van der Waals surface area contributed by atoms with Crippen molar-refractivity contribution in [1.82, 2.24) is 9.29 Å². The van der Waals surface area contributed by atoms with Gasteiger partial charge in [-0.05, 0) is 18.6 Å². The van der Waals surface area contributed by atoms with Crippen LogP contribution in [0.3, 0.4) is 0 Å². The lowest BCUT2D eigenvalue weighted by Crippen LogP contribution is -2.40. The van der Waals surface area contributed by atoms with Crippen molar-refractivity contribution in [3.63, 3.8) is 0 Å². The van der Waals surface area contributed by atoms with Gasteiger partial charge in [0, 0.05) is 24.2 Å². The molecule has 122 valence electrons.